The molecule has 0 aliphatic heterocycles. The molecule has 5 nitrogen and oxygen atoms in total. The summed E-state index contributed by atoms with van der Waals surface area (Å²) < 4.78 is 0. The number of amides is 1. The van der Waals surface area contributed by atoms with Crippen molar-refractivity contribution in [2.45, 2.75) is 12.8 Å². The second-order valence-corrected chi connectivity index (χ2v) is 6.45. The number of rotatable bonds is 4. The summed E-state index contributed by atoms with van der Waals surface area (Å²) in [5, 5.41) is 14.1. The predicted molar refractivity (Wildman–Crippen MR) is 104 cm³/mol. The molecule has 1 aliphatic carbocycles. The number of carbonyl (C=O) groups is 2. The molecule has 0 fully saturated rings. The molecule has 0 atom stereocenters. The van der Waals surface area contributed by atoms with Crippen LogP contribution in [0.15, 0.2) is 72.8 Å². The Morgan fingerprint density at radius 1 is 0.889 bits per heavy atom. The van der Waals surface area contributed by atoms with Gasteiger partial charge in [0.1, 0.15) is 0 Å². The van der Waals surface area contributed by atoms with Crippen LogP contribution in [-0.4, -0.2) is 16.9 Å². The number of hydrogen-bond acceptors (Lipinski definition) is 4. The first-order chi connectivity index (χ1) is 13.1. The number of benzene rings is 3. The van der Waals surface area contributed by atoms with Crippen molar-refractivity contribution >= 4 is 28.8 Å². The first-order valence-corrected chi connectivity index (χ1v) is 8.73. The van der Waals surface area contributed by atoms with Gasteiger partial charge in [0.05, 0.1) is 5.69 Å². The highest BCUT2D eigenvalue weighted by molar-refractivity contribution is 6.04. The van der Waals surface area contributed by atoms with Crippen LogP contribution < -0.4 is 10.4 Å². The van der Waals surface area contributed by atoms with Gasteiger partial charge in [-0.1, -0.05) is 24.3 Å². The maximum Gasteiger partial charge on any atom is 0.281 e. The molecule has 0 bridgehead atoms. The highest BCUT2D eigenvalue weighted by Crippen LogP contribution is 2.27. The highest BCUT2D eigenvalue weighted by Gasteiger charge is 2.19. The van der Waals surface area contributed by atoms with Crippen LogP contribution >= 0.6 is 0 Å². The molecule has 1 aliphatic rings. The third kappa shape index (κ3) is 3.45. The fourth-order valence-corrected chi connectivity index (χ4v) is 3.19. The molecule has 27 heavy (non-hydrogen) atoms. The molecule has 0 unspecified atom stereocenters. The number of ketones is 1. The molecule has 0 saturated heterocycles. The highest BCUT2D eigenvalue weighted by atomic mass is 16.5. The topological polar surface area (TPSA) is 69.6 Å². The monoisotopic (exact) mass is 358 g/mol. The molecule has 0 saturated carbocycles. The number of fused-ring (bicyclic) bond motifs is 1. The van der Waals surface area contributed by atoms with Gasteiger partial charge in [-0.15, -0.1) is 0 Å². The predicted octanol–water partition coefficient (Wildman–Crippen LogP) is 4.60. The molecule has 4 rings (SSSR count). The molecule has 0 aromatic heterocycles. The Labute approximate surface area is 156 Å². The standard InChI is InChI=1S/C22H18N2O3/c25-21-13-7-15-6-8-18(14-20(15)21)23-17-9-11-19(12-10-17)24(27)22(26)16-4-2-1-3-5-16/h1-6,8-12,14,23,27H,7,13H2. The van der Waals surface area contributed by atoms with E-state index in [0.29, 0.717) is 22.7 Å². The van der Waals surface area contributed by atoms with E-state index in [-0.39, 0.29) is 5.78 Å². The minimum Gasteiger partial charge on any atom is -0.356 e. The van der Waals surface area contributed by atoms with Gasteiger partial charge in [0, 0.05) is 28.9 Å². The van der Waals surface area contributed by atoms with Crippen molar-refractivity contribution in [2.24, 2.45) is 0 Å². The quantitative estimate of drug-likeness (QED) is 0.528. The van der Waals surface area contributed by atoms with E-state index >= 15 is 0 Å². The lowest BCUT2D eigenvalue weighted by Gasteiger charge is -2.16. The number of hydrogen-bond donors (Lipinski definition) is 2. The zero-order chi connectivity index (χ0) is 18.8. The zero-order valence-electron chi connectivity index (χ0n) is 14.6. The van der Waals surface area contributed by atoms with Gasteiger partial charge in [-0.25, -0.2) is 0 Å². The van der Waals surface area contributed by atoms with Gasteiger partial charge in [-0.2, -0.15) is 5.06 Å². The molecule has 0 spiro atoms. The number of hydroxylamine groups is 1. The van der Waals surface area contributed by atoms with E-state index in [1.807, 2.05) is 24.3 Å². The van der Waals surface area contributed by atoms with Crippen molar-refractivity contribution in [1.29, 1.82) is 0 Å². The van der Waals surface area contributed by atoms with E-state index in [2.05, 4.69) is 5.32 Å². The van der Waals surface area contributed by atoms with Crippen molar-refractivity contribution < 1.29 is 14.8 Å². The fraction of sp³-hybridized carbons (Fsp3) is 0.0909. The molecule has 3 aromatic carbocycles. The SMILES string of the molecule is O=C1CCc2ccc(Nc3ccc(N(O)C(=O)c4ccccc4)cc3)cc21. The second-order valence-electron chi connectivity index (χ2n) is 6.45. The van der Waals surface area contributed by atoms with Crippen molar-refractivity contribution in [3.05, 3.63) is 89.5 Å². The fourth-order valence-electron chi connectivity index (χ4n) is 3.19. The first kappa shape index (κ1) is 17.0. The van der Waals surface area contributed by atoms with Crippen molar-refractivity contribution in [2.75, 3.05) is 10.4 Å². The molecule has 2 N–H and O–H groups in total. The van der Waals surface area contributed by atoms with Crippen LogP contribution in [0.1, 0.15) is 32.7 Å². The van der Waals surface area contributed by atoms with Gasteiger partial charge in [0.2, 0.25) is 0 Å². The molecule has 0 heterocycles. The summed E-state index contributed by atoms with van der Waals surface area (Å²) >= 11 is 0. The van der Waals surface area contributed by atoms with Gasteiger partial charge in [0.25, 0.3) is 5.91 Å². The van der Waals surface area contributed by atoms with Gasteiger partial charge in [-0.05, 0) is 60.5 Å². The van der Waals surface area contributed by atoms with E-state index in [1.165, 1.54) is 0 Å². The summed E-state index contributed by atoms with van der Waals surface area (Å²) in [4.78, 5) is 24.2. The van der Waals surface area contributed by atoms with Crippen LogP contribution in [0.5, 0.6) is 0 Å². The summed E-state index contributed by atoms with van der Waals surface area (Å²) in [5.74, 6) is -0.312. The van der Waals surface area contributed by atoms with Crippen LogP contribution in [0.2, 0.25) is 0 Å². The molecule has 1 amide bonds. The van der Waals surface area contributed by atoms with Crippen LogP contribution in [-0.2, 0) is 6.42 Å². The molecular formula is C22H18N2O3. The number of nitrogens with zero attached hydrogens (tertiary/aromatic N) is 1. The molecule has 3 aromatic rings. The zero-order valence-corrected chi connectivity index (χ0v) is 14.6. The van der Waals surface area contributed by atoms with Gasteiger partial charge >= 0.3 is 0 Å². The number of anilines is 3. The van der Waals surface area contributed by atoms with E-state index in [4.69, 9.17) is 0 Å². The Balaban J connectivity index is 1.49. The Hall–Kier alpha value is -3.44. The Morgan fingerprint density at radius 2 is 1.59 bits per heavy atom. The Bertz CT molecular complexity index is 998. The van der Waals surface area contributed by atoms with Crippen molar-refractivity contribution in [3.8, 4) is 0 Å². The van der Waals surface area contributed by atoms with Crippen LogP contribution in [0, 0.1) is 0 Å². The summed E-state index contributed by atoms with van der Waals surface area (Å²) in [6, 6.07) is 21.2. The molecule has 5 heteroatoms. The summed E-state index contributed by atoms with van der Waals surface area (Å²) in [6.07, 6.45) is 1.39. The smallest absolute Gasteiger partial charge is 0.281 e. The van der Waals surface area contributed by atoms with Gasteiger partial charge < -0.3 is 5.32 Å². The van der Waals surface area contributed by atoms with Crippen LogP contribution in [0.3, 0.4) is 0 Å². The van der Waals surface area contributed by atoms with Crippen LogP contribution in [0.4, 0.5) is 17.1 Å². The molecule has 0 radical (unpaired) electrons. The lowest BCUT2D eigenvalue weighted by molar-refractivity contribution is 0.0854. The summed E-state index contributed by atoms with van der Waals surface area (Å²) in [5.41, 5.74) is 4.29. The number of aryl methyl sites for hydroxylation is 1. The third-order valence-corrected chi connectivity index (χ3v) is 4.65. The lowest BCUT2D eigenvalue weighted by atomic mass is 10.1. The third-order valence-electron chi connectivity index (χ3n) is 4.65. The minimum absolute atomic E-state index is 0.180. The van der Waals surface area contributed by atoms with Crippen LogP contribution in [0.25, 0.3) is 0 Å². The second kappa shape index (κ2) is 7.05. The maximum atomic E-state index is 12.3. The maximum absolute atomic E-state index is 12.3. The number of Topliss-reactive ketones (excluding diaryl/α,β-unsaturated/α-hetero) is 1. The Morgan fingerprint density at radius 3 is 2.33 bits per heavy atom. The minimum atomic E-state index is -0.492. The molecular weight excluding hydrogens is 340 g/mol. The normalized spacial score (nSPS) is 12.6. The summed E-state index contributed by atoms with van der Waals surface area (Å²) in [7, 11) is 0. The van der Waals surface area contributed by atoms with E-state index in [9.17, 15) is 14.8 Å². The van der Waals surface area contributed by atoms with Gasteiger partial charge in [0.15, 0.2) is 5.78 Å². The first-order valence-electron chi connectivity index (χ1n) is 8.73. The number of nitrogens with one attached hydrogen (secondary N) is 1. The average Bonchev–Trinajstić information content (AvgIpc) is 3.08. The van der Waals surface area contributed by atoms with Crippen molar-refractivity contribution in [1.82, 2.24) is 0 Å². The summed E-state index contributed by atoms with van der Waals surface area (Å²) in [6.45, 7) is 0. The van der Waals surface area contributed by atoms with E-state index in [1.54, 1.807) is 48.5 Å². The lowest BCUT2D eigenvalue weighted by Crippen LogP contribution is -2.26. The van der Waals surface area contributed by atoms with E-state index in [0.717, 1.165) is 28.9 Å². The average molecular weight is 358 g/mol. The number of carbonyl (C=O) groups excluding carboxylic acids is 2. The molecule has 134 valence electrons. The van der Waals surface area contributed by atoms with Gasteiger partial charge in [-0.3, -0.25) is 14.8 Å². The van der Waals surface area contributed by atoms with Crippen molar-refractivity contribution in [3.63, 3.8) is 0 Å². The van der Waals surface area contributed by atoms with E-state index < -0.39 is 5.91 Å². The Kier molecular flexibility index (Phi) is 4.44. The largest absolute Gasteiger partial charge is 0.356 e.